The van der Waals surface area contributed by atoms with E-state index in [4.69, 9.17) is 0 Å². The monoisotopic (exact) mass is 373 g/mol. The molecule has 0 bridgehead atoms. The predicted molar refractivity (Wildman–Crippen MR) is 107 cm³/mol. The molecule has 0 unspecified atom stereocenters. The molecular weight excluding hydrogens is 338 g/mol. The van der Waals surface area contributed by atoms with E-state index < -0.39 is 0 Å². The van der Waals surface area contributed by atoms with Crippen LogP contribution in [0.3, 0.4) is 0 Å². The summed E-state index contributed by atoms with van der Waals surface area (Å²) in [7, 11) is 0. The van der Waals surface area contributed by atoms with Crippen LogP contribution in [-0.4, -0.2) is 58.7 Å². The molecule has 5 heteroatoms. The molecule has 2 aromatic rings. The fraction of sp³-hybridized carbons (Fsp3) is 0.636. The van der Waals surface area contributed by atoms with Crippen molar-refractivity contribution in [2.24, 2.45) is 0 Å². The minimum absolute atomic E-state index is 0.109. The summed E-state index contributed by atoms with van der Waals surface area (Å²) in [6, 6.07) is 11.5. The van der Waals surface area contributed by atoms with Gasteiger partial charge in [0.1, 0.15) is 24.8 Å². The average molecular weight is 374 g/mol. The molecule has 0 radical (unpaired) electrons. The molecule has 5 N–H and O–H groups in total. The van der Waals surface area contributed by atoms with Crippen molar-refractivity contribution < 1.29 is 20.4 Å². The quantitative estimate of drug-likeness (QED) is 0.572. The van der Waals surface area contributed by atoms with Crippen LogP contribution < -0.4 is 10.2 Å². The maximum atomic E-state index is 10.6. The molecule has 148 valence electrons. The van der Waals surface area contributed by atoms with E-state index in [1.165, 1.54) is 41.5 Å². The third-order valence-corrected chi connectivity index (χ3v) is 6.65. The van der Waals surface area contributed by atoms with Gasteiger partial charge < -0.3 is 25.0 Å². The largest absolute Gasteiger partial charge is 0.387 e. The van der Waals surface area contributed by atoms with Crippen molar-refractivity contribution in [1.82, 2.24) is 4.57 Å². The van der Waals surface area contributed by atoms with Crippen molar-refractivity contribution in [3.8, 4) is 0 Å². The molecule has 2 aliphatic rings. The normalized spacial score (nSPS) is 30.4. The average Bonchev–Trinajstić information content (AvgIpc) is 3.08. The highest BCUT2D eigenvalue weighted by molar-refractivity contribution is 5.79. The molecule has 0 spiro atoms. The third kappa shape index (κ3) is 4.72. The van der Waals surface area contributed by atoms with Crippen molar-refractivity contribution in [1.29, 1.82) is 0 Å². The van der Waals surface area contributed by atoms with Crippen LogP contribution in [0.2, 0.25) is 0 Å². The zero-order chi connectivity index (χ0) is 18.6. The van der Waals surface area contributed by atoms with Gasteiger partial charge in [-0.3, -0.25) is 0 Å². The van der Waals surface area contributed by atoms with Crippen molar-refractivity contribution in [2.75, 3.05) is 19.6 Å². The Kier molecular flexibility index (Phi) is 6.13. The van der Waals surface area contributed by atoms with E-state index in [1.807, 2.05) is 0 Å². The Hall–Kier alpha value is -1.40. The molecule has 1 aromatic carbocycles. The molecule has 3 atom stereocenters. The summed E-state index contributed by atoms with van der Waals surface area (Å²) in [4.78, 5) is 1.52. The topological polar surface area (TPSA) is 66.4 Å². The number of para-hydroxylation sites is 1. The van der Waals surface area contributed by atoms with E-state index in [2.05, 4.69) is 46.4 Å². The Labute approximate surface area is 162 Å². The number of fused-ring (bicyclic) bond motifs is 1. The summed E-state index contributed by atoms with van der Waals surface area (Å²) in [6.07, 6.45) is 8.64. The Morgan fingerprint density at radius 1 is 1.07 bits per heavy atom. The van der Waals surface area contributed by atoms with Crippen LogP contribution in [0.25, 0.3) is 10.9 Å². The maximum Gasteiger partial charge on any atom is 0.121 e. The Morgan fingerprint density at radius 2 is 1.85 bits per heavy atom. The molecule has 2 heterocycles. The number of nitrogens with zero attached hydrogens (tertiary/aromatic N) is 1. The second kappa shape index (κ2) is 8.74. The highest BCUT2D eigenvalue weighted by Gasteiger charge is 2.32. The third-order valence-electron chi connectivity index (χ3n) is 6.65. The number of aromatic nitrogens is 1. The molecule has 2 fully saturated rings. The molecule has 1 saturated heterocycles. The number of hydrogen-bond acceptors (Lipinski definition) is 2. The van der Waals surface area contributed by atoms with E-state index in [1.54, 1.807) is 0 Å². The first-order valence-electron chi connectivity index (χ1n) is 10.8. The van der Waals surface area contributed by atoms with Gasteiger partial charge in [0.05, 0.1) is 25.7 Å². The van der Waals surface area contributed by atoms with Crippen LogP contribution in [0.4, 0.5) is 0 Å². The van der Waals surface area contributed by atoms with E-state index in [0.717, 1.165) is 32.5 Å². The molecule has 4 rings (SSSR count). The van der Waals surface area contributed by atoms with E-state index in [-0.39, 0.29) is 12.2 Å². The van der Waals surface area contributed by atoms with E-state index >= 15 is 0 Å². The van der Waals surface area contributed by atoms with Gasteiger partial charge in [0.2, 0.25) is 0 Å². The minimum atomic E-state index is -0.309. The summed E-state index contributed by atoms with van der Waals surface area (Å²) in [6.45, 7) is 3.76. The summed E-state index contributed by atoms with van der Waals surface area (Å²) in [5.74, 6) is 0. The van der Waals surface area contributed by atoms with Gasteiger partial charge >= 0.3 is 0 Å². The number of rotatable bonds is 6. The summed E-state index contributed by atoms with van der Waals surface area (Å²) < 4.78 is 2.17. The summed E-state index contributed by atoms with van der Waals surface area (Å²) in [5, 5.41) is 24.5. The number of quaternary nitrogens is 2. The molecule has 1 saturated carbocycles. The Balaban J connectivity index is 1.23. The highest BCUT2D eigenvalue weighted by atomic mass is 16.3. The fourth-order valence-electron chi connectivity index (χ4n) is 5.08. The molecule has 1 aromatic heterocycles. The van der Waals surface area contributed by atoms with Crippen LogP contribution in [0, 0.1) is 0 Å². The van der Waals surface area contributed by atoms with Crippen LogP contribution in [0.5, 0.6) is 0 Å². The summed E-state index contributed by atoms with van der Waals surface area (Å²) >= 11 is 0. The number of nitrogens with two attached hydrogens (primary N) is 1. The van der Waals surface area contributed by atoms with Crippen molar-refractivity contribution in [3.05, 3.63) is 36.5 Å². The van der Waals surface area contributed by atoms with Gasteiger partial charge in [-0.1, -0.05) is 24.6 Å². The number of piperidine rings is 1. The van der Waals surface area contributed by atoms with Gasteiger partial charge in [0.15, 0.2) is 0 Å². The van der Waals surface area contributed by atoms with Crippen LogP contribution in [0.1, 0.15) is 38.5 Å². The van der Waals surface area contributed by atoms with Gasteiger partial charge in [-0.15, -0.1) is 0 Å². The van der Waals surface area contributed by atoms with Crippen LogP contribution >= 0.6 is 0 Å². The van der Waals surface area contributed by atoms with Gasteiger partial charge in [-0.05, 0) is 30.4 Å². The molecule has 5 nitrogen and oxygen atoms in total. The van der Waals surface area contributed by atoms with Gasteiger partial charge in [-0.2, -0.15) is 0 Å². The lowest BCUT2D eigenvalue weighted by Crippen LogP contribution is -3.16. The zero-order valence-electron chi connectivity index (χ0n) is 16.3. The Morgan fingerprint density at radius 3 is 2.67 bits per heavy atom. The lowest BCUT2D eigenvalue weighted by atomic mass is 9.91. The number of likely N-dealkylation sites (tertiary alicyclic amines) is 1. The smallest absolute Gasteiger partial charge is 0.121 e. The zero-order valence-corrected chi connectivity index (χ0v) is 16.3. The number of aliphatic hydroxyl groups is 2. The number of nitrogens with one attached hydrogen (secondary N) is 1. The van der Waals surface area contributed by atoms with Gasteiger partial charge in [-0.25, -0.2) is 0 Å². The number of benzene rings is 1. The second-order valence-electron chi connectivity index (χ2n) is 8.68. The first-order chi connectivity index (χ1) is 13.2. The molecule has 27 heavy (non-hydrogen) atoms. The van der Waals surface area contributed by atoms with Crippen molar-refractivity contribution >= 4 is 10.9 Å². The highest BCUT2D eigenvalue weighted by Crippen LogP contribution is 2.17. The van der Waals surface area contributed by atoms with Crippen molar-refractivity contribution in [3.63, 3.8) is 0 Å². The number of hydrogen-bond donors (Lipinski definition) is 4. The van der Waals surface area contributed by atoms with Gasteiger partial charge in [0.25, 0.3) is 0 Å². The first kappa shape index (κ1) is 18.9. The number of aliphatic hydroxyl groups excluding tert-OH is 2. The standard InChI is InChI=1S/C22H33N3O2/c26-19(16-25-14-9-17-5-1-3-7-21(17)25)15-24-12-10-18(11-13-24)23-20-6-2-4-8-22(20)27/h1,3,5,7,9,14,18-20,22-23,26-27H,2,4,6,8,10-13,15-16H2/p+2/t19-,20+,22-/m0/s1. The lowest BCUT2D eigenvalue weighted by Gasteiger charge is -2.33. The second-order valence-corrected chi connectivity index (χ2v) is 8.68. The molecule has 1 aliphatic heterocycles. The maximum absolute atomic E-state index is 10.6. The molecule has 0 amide bonds. The van der Waals surface area contributed by atoms with Gasteiger partial charge in [0, 0.05) is 31.0 Å². The van der Waals surface area contributed by atoms with Crippen LogP contribution in [-0.2, 0) is 6.54 Å². The van der Waals surface area contributed by atoms with E-state index in [0.29, 0.717) is 18.6 Å². The Bertz CT molecular complexity index is 723. The minimum Gasteiger partial charge on any atom is -0.387 e. The molecular formula is C22H35N3O2+2. The van der Waals surface area contributed by atoms with Crippen LogP contribution in [0.15, 0.2) is 36.5 Å². The lowest BCUT2D eigenvalue weighted by molar-refractivity contribution is -0.917. The fourth-order valence-corrected chi connectivity index (χ4v) is 5.08. The van der Waals surface area contributed by atoms with E-state index in [9.17, 15) is 10.2 Å². The predicted octanol–water partition coefficient (Wildman–Crippen LogP) is -0.0836. The SMILES string of the molecule is O[C@H](Cn1ccc2ccccc21)C[NH+]1CCC([NH2+][C@@H]2CCCC[C@@H]2O)CC1. The van der Waals surface area contributed by atoms with Crippen molar-refractivity contribution in [2.45, 2.75) is 69.4 Å². The summed E-state index contributed by atoms with van der Waals surface area (Å²) in [5.41, 5.74) is 1.20. The molecule has 1 aliphatic carbocycles. The first-order valence-corrected chi connectivity index (χ1v) is 10.8.